The normalized spacial score (nSPS) is 15.0. The van der Waals surface area contributed by atoms with E-state index in [0.29, 0.717) is 13.1 Å². The zero-order valence-electron chi connectivity index (χ0n) is 20.9. The van der Waals surface area contributed by atoms with Gasteiger partial charge in [-0.05, 0) is 42.0 Å². The smallest absolute Gasteiger partial charge is 0.305 e. The number of unbranched alkanes of at least 4 members (excludes halogenated alkanes) is 3. The van der Waals surface area contributed by atoms with Crippen LogP contribution in [0.4, 0.5) is 0 Å². The summed E-state index contributed by atoms with van der Waals surface area (Å²) in [5.41, 5.74) is 3.09. The highest BCUT2D eigenvalue weighted by atomic mass is 16.4. The molecule has 1 aliphatic rings. The van der Waals surface area contributed by atoms with Crippen molar-refractivity contribution >= 4 is 11.9 Å². The Morgan fingerprint density at radius 3 is 2.37 bits per heavy atom. The van der Waals surface area contributed by atoms with E-state index < -0.39 is 12.0 Å². The van der Waals surface area contributed by atoms with Crippen LogP contribution >= 0.6 is 0 Å². The lowest BCUT2D eigenvalue weighted by Gasteiger charge is -2.21. The van der Waals surface area contributed by atoms with Gasteiger partial charge in [0.05, 0.1) is 18.2 Å². The molecule has 1 atom stereocenters. The summed E-state index contributed by atoms with van der Waals surface area (Å²) in [6.07, 6.45) is 16.4. The number of aliphatic carboxylic acids is 1. The minimum Gasteiger partial charge on any atom is -0.481 e. The summed E-state index contributed by atoms with van der Waals surface area (Å²) in [6, 6.07) is 13.1. The molecule has 0 spiro atoms. The van der Waals surface area contributed by atoms with Crippen molar-refractivity contribution in [3.8, 4) is 0 Å². The van der Waals surface area contributed by atoms with Crippen LogP contribution in [-0.2, 0) is 29.1 Å². The van der Waals surface area contributed by atoms with E-state index in [-0.39, 0.29) is 12.3 Å². The number of carbonyl (C=O) groups is 2. The Kier molecular flexibility index (Phi) is 11.7. The van der Waals surface area contributed by atoms with Crippen molar-refractivity contribution in [1.29, 1.82) is 0 Å². The fourth-order valence-corrected chi connectivity index (χ4v) is 4.89. The lowest BCUT2D eigenvalue weighted by Crippen LogP contribution is -2.45. The summed E-state index contributed by atoms with van der Waals surface area (Å²) in [5.74, 6) is -0.342. The van der Waals surface area contributed by atoms with Crippen molar-refractivity contribution in [2.45, 2.75) is 96.2 Å². The molecule has 1 aromatic heterocycles. The van der Waals surface area contributed by atoms with Gasteiger partial charge in [-0.2, -0.15) is 0 Å². The Morgan fingerprint density at radius 2 is 1.66 bits per heavy atom. The number of nitrogens with one attached hydrogen (secondary N) is 2. The van der Waals surface area contributed by atoms with E-state index in [0.717, 1.165) is 23.6 Å². The summed E-state index contributed by atoms with van der Waals surface area (Å²) < 4.78 is 0. The van der Waals surface area contributed by atoms with E-state index in [4.69, 9.17) is 0 Å². The molecule has 190 valence electrons. The Morgan fingerprint density at radius 1 is 0.914 bits per heavy atom. The molecular formula is C29H41N3O3. The van der Waals surface area contributed by atoms with Crippen molar-refractivity contribution in [2.75, 3.05) is 0 Å². The zero-order valence-corrected chi connectivity index (χ0v) is 20.9. The lowest BCUT2D eigenvalue weighted by atomic mass is 9.85. The lowest BCUT2D eigenvalue weighted by molar-refractivity contribution is -0.140. The largest absolute Gasteiger partial charge is 0.481 e. The first-order valence-corrected chi connectivity index (χ1v) is 13.3. The summed E-state index contributed by atoms with van der Waals surface area (Å²) >= 11 is 0. The first kappa shape index (κ1) is 26.9. The van der Waals surface area contributed by atoms with Gasteiger partial charge in [0, 0.05) is 19.3 Å². The molecule has 1 aliphatic carbocycles. The van der Waals surface area contributed by atoms with Gasteiger partial charge < -0.3 is 10.4 Å². The molecule has 0 bridgehead atoms. The molecule has 35 heavy (non-hydrogen) atoms. The van der Waals surface area contributed by atoms with Crippen LogP contribution < -0.4 is 10.6 Å². The zero-order chi connectivity index (χ0) is 24.7. The van der Waals surface area contributed by atoms with Crippen LogP contribution in [0.5, 0.6) is 0 Å². The van der Waals surface area contributed by atoms with Gasteiger partial charge in [-0.25, -0.2) is 0 Å². The quantitative estimate of drug-likeness (QED) is 0.297. The molecule has 6 nitrogen and oxygen atoms in total. The van der Waals surface area contributed by atoms with Gasteiger partial charge in [0.15, 0.2) is 0 Å². The number of nitrogens with zero attached hydrogens (tertiary/aromatic N) is 1. The number of aryl methyl sites for hydroxylation is 1. The Balaban J connectivity index is 1.33. The average Bonchev–Trinajstić information content (AvgIpc) is 2.89. The highest BCUT2D eigenvalue weighted by Crippen LogP contribution is 2.28. The van der Waals surface area contributed by atoms with E-state index in [2.05, 4.69) is 27.8 Å². The third-order valence-corrected chi connectivity index (χ3v) is 6.99. The van der Waals surface area contributed by atoms with Crippen LogP contribution in [0.2, 0.25) is 0 Å². The van der Waals surface area contributed by atoms with E-state index >= 15 is 0 Å². The second-order valence-corrected chi connectivity index (χ2v) is 9.84. The fraction of sp³-hybridized carbons (Fsp3) is 0.552. The molecule has 1 heterocycles. The maximum Gasteiger partial charge on any atom is 0.305 e. The standard InChI is InChI=1S/C29H41N3O3/c33-28(34)20-27(31-22-26-14-8-9-19-30-26)29(35)32-21-25-17-15-24(16-18-25)13-5-2-1-4-10-23-11-6-3-7-12-23/h8-9,14-19,23,27,31H,1-7,10-13,20-22H2,(H,32,35)(H,33,34)/t27-/m0/s1. The Labute approximate surface area is 209 Å². The van der Waals surface area contributed by atoms with Crippen molar-refractivity contribution in [3.05, 3.63) is 65.5 Å². The van der Waals surface area contributed by atoms with Crippen LogP contribution in [0, 0.1) is 5.92 Å². The molecule has 3 N–H and O–H groups in total. The number of amides is 1. The molecule has 2 aromatic rings. The summed E-state index contributed by atoms with van der Waals surface area (Å²) in [5, 5.41) is 15.1. The highest BCUT2D eigenvalue weighted by molar-refractivity contribution is 5.86. The predicted octanol–water partition coefficient (Wildman–Crippen LogP) is 5.40. The molecule has 3 rings (SSSR count). The highest BCUT2D eigenvalue weighted by Gasteiger charge is 2.21. The van der Waals surface area contributed by atoms with Gasteiger partial charge in [-0.1, -0.05) is 88.1 Å². The van der Waals surface area contributed by atoms with Gasteiger partial charge in [-0.15, -0.1) is 0 Å². The van der Waals surface area contributed by atoms with Gasteiger partial charge in [0.2, 0.25) is 5.91 Å². The van der Waals surface area contributed by atoms with Gasteiger partial charge in [-0.3, -0.25) is 19.9 Å². The van der Waals surface area contributed by atoms with Crippen LogP contribution in [0.25, 0.3) is 0 Å². The second kappa shape index (κ2) is 15.3. The minimum atomic E-state index is -1.02. The number of rotatable bonds is 15. The summed E-state index contributed by atoms with van der Waals surface area (Å²) in [7, 11) is 0. The maximum atomic E-state index is 12.6. The average molecular weight is 480 g/mol. The molecule has 0 saturated heterocycles. The summed E-state index contributed by atoms with van der Waals surface area (Å²) in [4.78, 5) is 28.0. The first-order chi connectivity index (χ1) is 17.1. The Hall–Kier alpha value is -2.73. The predicted molar refractivity (Wildman–Crippen MR) is 139 cm³/mol. The number of hydrogen-bond acceptors (Lipinski definition) is 4. The third-order valence-electron chi connectivity index (χ3n) is 6.99. The molecule has 0 aliphatic heterocycles. The van der Waals surface area contributed by atoms with Crippen LogP contribution in [0.3, 0.4) is 0 Å². The van der Waals surface area contributed by atoms with E-state index in [1.54, 1.807) is 6.20 Å². The third kappa shape index (κ3) is 10.6. The molecule has 0 radical (unpaired) electrons. The molecule has 0 unspecified atom stereocenters. The Bertz CT molecular complexity index is 880. The number of benzene rings is 1. The molecule has 1 amide bonds. The molecule has 1 fully saturated rings. The monoisotopic (exact) mass is 479 g/mol. The van der Waals surface area contributed by atoms with E-state index in [1.807, 2.05) is 30.3 Å². The van der Waals surface area contributed by atoms with Gasteiger partial charge in [0.1, 0.15) is 0 Å². The SMILES string of the molecule is O=C(O)C[C@H](NCc1ccccn1)C(=O)NCc1ccc(CCCCCCC2CCCCC2)cc1. The van der Waals surface area contributed by atoms with Crippen LogP contribution in [0.1, 0.15) is 87.4 Å². The van der Waals surface area contributed by atoms with Gasteiger partial charge >= 0.3 is 5.97 Å². The first-order valence-electron chi connectivity index (χ1n) is 13.3. The van der Waals surface area contributed by atoms with E-state index in [9.17, 15) is 14.7 Å². The number of hydrogen-bond donors (Lipinski definition) is 3. The van der Waals surface area contributed by atoms with E-state index in [1.165, 1.54) is 69.8 Å². The molecule has 6 heteroatoms. The molecule has 1 saturated carbocycles. The maximum absolute atomic E-state index is 12.6. The molecule has 1 aromatic carbocycles. The van der Waals surface area contributed by atoms with Crippen molar-refractivity contribution in [2.24, 2.45) is 5.92 Å². The number of aromatic nitrogens is 1. The minimum absolute atomic E-state index is 0.280. The number of carboxylic acids is 1. The fourth-order valence-electron chi connectivity index (χ4n) is 4.89. The van der Waals surface area contributed by atoms with Crippen molar-refractivity contribution in [1.82, 2.24) is 15.6 Å². The van der Waals surface area contributed by atoms with Crippen LogP contribution in [0.15, 0.2) is 48.7 Å². The second-order valence-electron chi connectivity index (χ2n) is 9.84. The van der Waals surface area contributed by atoms with Crippen molar-refractivity contribution in [3.63, 3.8) is 0 Å². The summed E-state index contributed by atoms with van der Waals surface area (Å²) in [6.45, 7) is 0.711. The topological polar surface area (TPSA) is 91.3 Å². The number of pyridine rings is 1. The van der Waals surface area contributed by atoms with Crippen LogP contribution in [-0.4, -0.2) is 28.0 Å². The van der Waals surface area contributed by atoms with Crippen molar-refractivity contribution < 1.29 is 14.7 Å². The molecular weight excluding hydrogens is 438 g/mol. The van der Waals surface area contributed by atoms with Gasteiger partial charge in [0.25, 0.3) is 0 Å². The number of carboxylic acid groups (broad SMARTS) is 1. The number of carbonyl (C=O) groups excluding carboxylic acids is 1.